The van der Waals surface area contributed by atoms with Crippen LogP contribution in [0.15, 0.2) is 36.4 Å². The van der Waals surface area contributed by atoms with E-state index in [1.165, 1.54) is 4.90 Å². The molecule has 3 nitrogen and oxygen atoms in total. The summed E-state index contributed by atoms with van der Waals surface area (Å²) in [5.74, 6) is -3.54. The number of benzene rings is 2. The van der Waals surface area contributed by atoms with Gasteiger partial charge in [0.15, 0.2) is 0 Å². The summed E-state index contributed by atoms with van der Waals surface area (Å²) in [6.45, 7) is 1.48. The second kappa shape index (κ2) is 7.82. The lowest BCUT2D eigenvalue weighted by Crippen LogP contribution is -2.40. The standard InChI is InChI=1S/C20H18ClF5N2O/c1-12-3-2-4-13(9-12)27-18(29)14-10-16(21)15(20(24,25)26)11-17(14)28-7-5-19(22,23)6-8-28/h2-4,9-11H,5-8H2,1H3,(H,27,29). The summed E-state index contributed by atoms with van der Waals surface area (Å²) in [5.41, 5.74) is 0.0598. The van der Waals surface area contributed by atoms with Crippen LogP contribution in [0.2, 0.25) is 5.02 Å². The zero-order valence-corrected chi connectivity index (χ0v) is 16.2. The number of nitrogens with zero attached hydrogens (tertiary/aromatic N) is 1. The number of halogens is 6. The van der Waals surface area contributed by atoms with Crippen LogP contribution in [0, 0.1) is 6.92 Å². The summed E-state index contributed by atoms with van der Waals surface area (Å²) < 4.78 is 67.0. The SMILES string of the molecule is Cc1cccc(NC(=O)c2cc(Cl)c(C(F)(F)F)cc2N2CCC(F)(F)CC2)c1. The molecule has 1 amide bonds. The normalized spacial score (nSPS) is 16.6. The van der Waals surface area contributed by atoms with Crippen molar-refractivity contribution in [1.29, 1.82) is 0 Å². The van der Waals surface area contributed by atoms with Gasteiger partial charge in [-0.05, 0) is 36.8 Å². The highest BCUT2D eigenvalue weighted by Gasteiger charge is 2.38. The maximum atomic E-state index is 13.5. The number of aryl methyl sites for hydroxylation is 1. The van der Waals surface area contributed by atoms with E-state index in [4.69, 9.17) is 11.6 Å². The van der Waals surface area contributed by atoms with Gasteiger partial charge < -0.3 is 10.2 Å². The highest BCUT2D eigenvalue weighted by molar-refractivity contribution is 6.32. The van der Waals surface area contributed by atoms with E-state index in [0.29, 0.717) is 5.69 Å². The summed E-state index contributed by atoms with van der Waals surface area (Å²) in [6, 6.07) is 8.58. The minimum atomic E-state index is -4.74. The van der Waals surface area contributed by atoms with Crippen molar-refractivity contribution >= 4 is 28.9 Å². The Kier molecular flexibility index (Phi) is 5.76. The highest BCUT2D eigenvalue weighted by Crippen LogP contribution is 2.40. The van der Waals surface area contributed by atoms with Crippen LogP contribution < -0.4 is 10.2 Å². The molecule has 0 aromatic heterocycles. The fourth-order valence-electron chi connectivity index (χ4n) is 3.22. The lowest BCUT2D eigenvalue weighted by Gasteiger charge is -2.34. The van der Waals surface area contributed by atoms with Crippen LogP contribution in [-0.4, -0.2) is 24.9 Å². The van der Waals surface area contributed by atoms with Gasteiger partial charge in [0.25, 0.3) is 11.8 Å². The maximum absolute atomic E-state index is 13.5. The molecule has 0 spiro atoms. The van der Waals surface area contributed by atoms with Crippen LogP contribution in [-0.2, 0) is 6.18 Å². The quantitative estimate of drug-likeness (QED) is 0.589. The smallest absolute Gasteiger partial charge is 0.370 e. The first-order chi connectivity index (χ1) is 13.5. The van der Waals surface area contributed by atoms with Crippen molar-refractivity contribution in [3.63, 3.8) is 0 Å². The molecule has 9 heteroatoms. The van der Waals surface area contributed by atoms with Crippen molar-refractivity contribution in [3.05, 3.63) is 58.1 Å². The van der Waals surface area contributed by atoms with Crippen LogP contribution in [0.3, 0.4) is 0 Å². The molecule has 0 atom stereocenters. The Morgan fingerprint density at radius 3 is 2.38 bits per heavy atom. The van der Waals surface area contributed by atoms with Gasteiger partial charge in [0, 0.05) is 31.6 Å². The molecule has 1 N–H and O–H groups in total. The predicted octanol–water partition coefficient (Wildman–Crippen LogP) is 6.16. The molecule has 1 saturated heterocycles. The number of rotatable bonds is 3. The Bertz CT molecular complexity index is 920. The molecule has 156 valence electrons. The Labute approximate surface area is 169 Å². The molecule has 1 aliphatic heterocycles. The summed E-state index contributed by atoms with van der Waals surface area (Å²) in [6.07, 6.45) is -5.75. The zero-order chi connectivity index (χ0) is 21.4. The van der Waals surface area contributed by atoms with Crippen molar-refractivity contribution in [2.75, 3.05) is 23.3 Å². The Balaban J connectivity index is 2.00. The fraction of sp³-hybridized carbons (Fsp3) is 0.350. The van der Waals surface area contributed by atoms with Gasteiger partial charge in [-0.3, -0.25) is 4.79 Å². The van der Waals surface area contributed by atoms with Gasteiger partial charge in [0.1, 0.15) is 0 Å². The topological polar surface area (TPSA) is 32.3 Å². The first-order valence-corrected chi connectivity index (χ1v) is 9.26. The van der Waals surface area contributed by atoms with Gasteiger partial charge in [0.2, 0.25) is 0 Å². The molecule has 1 fully saturated rings. The zero-order valence-electron chi connectivity index (χ0n) is 15.4. The van der Waals surface area contributed by atoms with Crippen molar-refractivity contribution in [2.45, 2.75) is 31.9 Å². The minimum absolute atomic E-state index is 0.0672. The number of alkyl halides is 5. The second-order valence-electron chi connectivity index (χ2n) is 7.01. The van der Waals surface area contributed by atoms with E-state index < -0.39 is 41.4 Å². The highest BCUT2D eigenvalue weighted by atomic mass is 35.5. The summed E-state index contributed by atoms with van der Waals surface area (Å²) >= 11 is 5.80. The molecular formula is C20H18ClF5N2O. The average Bonchev–Trinajstić information content (AvgIpc) is 2.60. The Morgan fingerprint density at radius 1 is 1.14 bits per heavy atom. The monoisotopic (exact) mass is 432 g/mol. The Hall–Kier alpha value is -2.35. The molecule has 2 aromatic rings. The molecule has 29 heavy (non-hydrogen) atoms. The summed E-state index contributed by atoms with van der Waals surface area (Å²) in [4.78, 5) is 14.2. The van der Waals surface area contributed by atoms with Gasteiger partial charge in [0.05, 0.1) is 21.8 Å². The lowest BCUT2D eigenvalue weighted by molar-refractivity contribution is -0.137. The van der Waals surface area contributed by atoms with E-state index in [-0.39, 0.29) is 24.3 Å². The molecule has 0 aliphatic carbocycles. The van der Waals surface area contributed by atoms with Gasteiger partial charge in [-0.2, -0.15) is 13.2 Å². The van der Waals surface area contributed by atoms with Gasteiger partial charge in [-0.1, -0.05) is 23.7 Å². The molecular weight excluding hydrogens is 415 g/mol. The van der Waals surface area contributed by atoms with E-state index >= 15 is 0 Å². The summed E-state index contributed by atoms with van der Waals surface area (Å²) in [7, 11) is 0. The van der Waals surface area contributed by atoms with Crippen molar-refractivity contribution in [3.8, 4) is 0 Å². The first kappa shape index (κ1) is 21.4. The predicted molar refractivity (Wildman–Crippen MR) is 102 cm³/mol. The molecule has 0 saturated carbocycles. The van der Waals surface area contributed by atoms with Crippen LogP contribution in [0.4, 0.5) is 33.3 Å². The average molecular weight is 433 g/mol. The number of hydrogen-bond donors (Lipinski definition) is 1. The molecule has 1 aliphatic rings. The third kappa shape index (κ3) is 4.98. The lowest BCUT2D eigenvalue weighted by atomic mass is 10.0. The summed E-state index contributed by atoms with van der Waals surface area (Å²) in [5, 5.41) is 2.00. The molecule has 3 rings (SSSR count). The maximum Gasteiger partial charge on any atom is 0.417 e. The number of anilines is 2. The first-order valence-electron chi connectivity index (χ1n) is 8.88. The molecule has 1 heterocycles. The van der Waals surface area contributed by atoms with E-state index in [1.54, 1.807) is 18.2 Å². The van der Waals surface area contributed by atoms with Crippen molar-refractivity contribution < 1.29 is 26.7 Å². The van der Waals surface area contributed by atoms with E-state index in [1.807, 2.05) is 13.0 Å². The molecule has 0 radical (unpaired) electrons. The number of amides is 1. The van der Waals surface area contributed by atoms with Gasteiger partial charge in [-0.25, -0.2) is 8.78 Å². The van der Waals surface area contributed by atoms with Gasteiger partial charge >= 0.3 is 6.18 Å². The third-order valence-corrected chi connectivity index (χ3v) is 5.06. The van der Waals surface area contributed by atoms with Crippen molar-refractivity contribution in [1.82, 2.24) is 0 Å². The van der Waals surface area contributed by atoms with Crippen LogP contribution in [0.5, 0.6) is 0 Å². The number of carbonyl (C=O) groups is 1. The van der Waals surface area contributed by atoms with E-state index in [0.717, 1.165) is 17.7 Å². The molecule has 0 bridgehead atoms. The largest absolute Gasteiger partial charge is 0.417 e. The Morgan fingerprint density at radius 2 is 1.79 bits per heavy atom. The van der Waals surface area contributed by atoms with Crippen LogP contribution >= 0.6 is 11.6 Å². The fourth-order valence-corrected chi connectivity index (χ4v) is 3.49. The third-order valence-electron chi connectivity index (χ3n) is 4.75. The number of carbonyl (C=O) groups excluding carboxylic acids is 1. The van der Waals surface area contributed by atoms with Crippen LogP contribution in [0.1, 0.15) is 34.3 Å². The van der Waals surface area contributed by atoms with E-state index in [9.17, 15) is 26.7 Å². The minimum Gasteiger partial charge on any atom is -0.370 e. The van der Waals surface area contributed by atoms with Gasteiger partial charge in [-0.15, -0.1) is 0 Å². The van der Waals surface area contributed by atoms with Crippen LogP contribution in [0.25, 0.3) is 0 Å². The number of hydrogen-bond acceptors (Lipinski definition) is 2. The number of nitrogens with one attached hydrogen (secondary N) is 1. The van der Waals surface area contributed by atoms with Crippen molar-refractivity contribution in [2.24, 2.45) is 0 Å². The second-order valence-corrected chi connectivity index (χ2v) is 7.42. The molecule has 2 aromatic carbocycles. The number of piperidine rings is 1. The van der Waals surface area contributed by atoms with E-state index in [2.05, 4.69) is 5.32 Å². The molecule has 0 unspecified atom stereocenters.